The molecule has 0 spiro atoms. The molecule has 0 aromatic heterocycles. The van der Waals surface area contributed by atoms with Gasteiger partial charge in [0.2, 0.25) is 0 Å². The Morgan fingerprint density at radius 1 is 1.31 bits per heavy atom. The van der Waals surface area contributed by atoms with Crippen molar-refractivity contribution in [3.8, 4) is 0 Å². The molecule has 0 atom stereocenters. The van der Waals surface area contributed by atoms with Crippen molar-refractivity contribution in [1.29, 1.82) is 0 Å². The lowest BCUT2D eigenvalue weighted by Crippen LogP contribution is -2.42. The fourth-order valence-electron chi connectivity index (χ4n) is 1.89. The van der Waals surface area contributed by atoms with E-state index in [2.05, 4.69) is 21.2 Å². The molecular weight excluding hydrogens is 270 g/mol. The Bertz CT molecular complexity index is 230. The quantitative estimate of drug-likeness (QED) is 0.791. The number of ether oxygens (including phenoxy) is 1. The average Bonchev–Trinajstić information content (AvgIpc) is 2.16. The lowest BCUT2D eigenvalue weighted by atomic mass is 9.89. The molecule has 0 unspecified atom stereocenters. The van der Waals surface area contributed by atoms with Crippen LogP contribution in [0.25, 0.3) is 0 Å². The molecule has 1 fully saturated rings. The minimum Gasteiger partial charge on any atom is -0.446 e. The first kappa shape index (κ1) is 13.8. The average molecular weight is 292 g/mol. The van der Waals surface area contributed by atoms with Gasteiger partial charge in [-0.3, -0.25) is 0 Å². The molecule has 0 saturated heterocycles. The molecule has 1 amide bonds. The number of hydrogen-bond acceptors (Lipinski definition) is 2. The van der Waals surface area contributed by atoms with Gasteiger partial charge in [0, 0.05) is 10.9 Å². The fourth-order valence-corrected chi connectivity index (χ4v) is 2.54. The highest BCUT2D eigenvalue weighted by molar-refractivity contribution is 9.09. The zero-order valence-electron chi connectivity index (χ0n) is 10.4. The predicted octanol–water partition coefficient (Wildman–Crippen LogP) is 3.46. The number of alkyl halides is 1. The third kappa shape index (κ3) is 5.19. The number of rotatable bonds is 2. The van der Waals surface area contributed by atoms with E-state index < -0.39 is 0 Å². The molecule has 4 heteroatoms. The predicted molar refractivity (Wildman–Crippen MR) is 68.9 cm³/mol. The Hall–Kier alpha value is -0.250. The van der Waals surface area contributed by atoms with Crippen molar-refractivity contribution < 1.29 is 9.53 Å². The summed E-state index contributed by atoms with van der Waals surface area (Å²) in [5.74, 6) is 0.755. The second kappa shape index (κ2) is 5.89. The third-order valence-electron chi connectivity index (χ3n) is 2.76. The van der Waals surface area contributed by atoms with E-state index in [1.54, 1.807) is 0 Å². The van der Waals surface area contributed by atoms with Crippen molar-refractivity contribution >= 4 is 22.0 Å². The highest BCUT2D eigenvalue weighted by Gasteiger charge is 2.24. The molecule has 3 nitrogen and oxygen atoms in total. The summed E-state index contributed by atoms with van der Waals surface area (Å²) in [7, 11) is 0. The van der Waals surface area contributed by atoms with Crippen molar-refractivity contribution in [2.45, 2.75) is 58.1 Å². The summed E-state index contributed by atoms with van der Waals surface area (Å²) in [6.07, 6.45) is 4.12. The highest BCUT2D eigenvalue weighted by Crippen LogP contribution is 2.27. The van der Waals surface area contributed by atoms with Crippen molar-refractivity contribution in [1.82, 2.24) is 5.32 Å². The van der Waals surface area contributed by atoms with Crippen molar-refractivity contribution in [2.24, 2.45) is 5.92 Å². The summed E-state index contributed by atoms with van der Waals surface area (Å²) in [5, 5.41) is 3.88. The van der Waals surface area contributed by atoms with Crippen LogP contribution in [0.15, 0.2) is 0 Å². The van der Waals surface area contributed by atoms with Crippen LogP contribution in [0.5, 0.6) is 0 Å². The number of halogens is 1. The molecular formula is C12H22BrNO2. The Morgan fingerprint density at radius 3 is 2.31 bits per heavy atom. The van der Waals surface area contributed by atoms with Gasteiger partial charge in [0.15, 0.2) is 0 Å². The summed E-state index contributed by atoms with van der Waals surface area (Å²) >= 11 is 3.50. The molecule has 0 radical (unpaired) electrons. The van der Waals surface area contributed by atoms with Gasteiger partial charge in [0.25, 0.3) is 0 Å². The van der Waals surface area contributed by atoms with Gasteiger partial charge in [-0.25, -0.2) is 4.79 Å². The van der Waals surface area contributed by atoms with Gasteiger partial charge in [0.1, 0.15) is 6.10 Å². The van der Waals surface area contributed by atoms with E-state index in [-0.39, 0.29) is 17.7 Å². The smallest absolute Gasteiger partial charge is 0.407 e. The van der Waals surface area contributed by atoms with Crippen molar-refractivity contribution in [3.63, 3.8) is 0 Å². The lowest BCUT2D eigenvalue weighted by molar-refractivity contribution is 0.0623. The molecule has 94 valence electrons. The van der Waals surface area contributed by atoms with Gasteiger partial charge in [-0.05, 0) is 52.4 Å². The molecule has 1 N–H and O–H groups in total. The molecule has 1 saturated carbocycles. The lowest BCUT2D eigenvalue weighted by Gasteiger charge is -2.28. The second-order valence-electron chi connectivity index (χ2n) is 5.58. The molecule has 0 aromatic rings. The van der Waals surface area contributed by atoms with E-state index in [4.69, 9.17) is 4.74 Å². The van der Waals surface area contributed by atoms with E-state index in [0.29, 0.717) is 0 Å². The van der Waals surface area contributed by atoms with Crippen molar-refractivity contribution in [3.05, 3.63) is 0 Å². The first-order valence-corrected chi connectivity index (χ1v) is 7.07. The van der Waals surface area contributed by atoms with E-state index in [1.165, 1.54) is 0 Å². The largest absolute Gasteiger partial charge is 0.446 e. The van der Waals surface area contributed by atoms with Crippen LogP contribution in [0.1, 0.15) is 46.5 Å². The van der Waals surface area contributed by atoms with Gasteiger partial charge in [0.05, 0.1) is 0 Å². The van der Waals surface area contributed by atoms with E-state index in [0.717, 1.165) is 36.9 Å². The standard InChI is InChI=1S/C12H22BrNO2/c1-12(2,3)14-11(15)16-10-6-4-9(8-13)5-7-10/h9-10H,4-8H2,1-3H3,(H,14,15). The van der Waals surface area contributed by atoms with Gasteiger partial charge in [-0.15, -0.1) is 0 Å². The normalized spacial score (nSPS) is 26.2. The Labute approximate surface area is 106 Å². The van der Waals surface area contributed by atoms with Gasteiger partial charge < -0.3 is 10.1 Å². The number of nitrogens with one attached hydrogen (secondary N) is 1. The van der Waals surface area contributed by atoms with E-state index in [1.807, 2.05) is 20.8 Å². The van der Waals surface area contributed by atoms with Gasteiger partial charge in [-0.2, -0.15) is 0 Å². The van der Waals surface area contributed by atoms with E-state index >= 15 is 0 Å². The molecule has 0 aromatic carbocycles. The van der Waals surface area contributed by atoms with Crippen LogP contribution < -0.4 is 5.32 Å². The van der Waals surface area contributed by atoms with Gasteiger partial charge >= 0.3 is 6.09 Å². The summed E-state index contributed by atoms with van der Waals surface area (Å²) in [5.41, 5.74) is -0.218. The molecule has 0 heterocycles. The third-order valence-corrected chi connectivity index (χ3v) is 3.68. The van der Waals surface area contributed by atoms with Crippen LogP contribution in [0, 0.1) is 5.92 Å². The molecule has 1 aliphatic carbocycles. The zero-order chi connectivity index (χ0) is 12.2. The van der Waals surface area contributed by atoms with Crippen LogP contribution in [0.4, 0.5) is 4.79 Å². The molecule has 16 heavy (non-hydrogen) atoms. The minimum atomic E-state index is -0.283. The first-order chi connectivity index (χ1) is 7.40. The highest BCUT2D eigenvalue weighted by atomic mass is 79.9. The van der Waals surface area contributed by atoms with Crippen molar-refractivity contribution in [2.75, 3.05) is 5.33 Å². The topological polar surface area (TPSA) is 38.3 Å². The minimum absolute atomic E-state index is 0.109. The molecule has 0 bridgehead atoms. The van der Waals surface area contributed by atoms with Crippen LogP contribution in [0.3, 0.4) is 0 Å². The van der Waals surface area contributed by atoms with Crippen LogP contribution in [0.2, 0.25) is 0 Å². The van der Waals surface area contributed by atoms with Gasteiger partial charge in [-0.1, -0.05) is 15.9 Å². The van der Waals surface area contributed by atoms with Crippen LogP contribution in [-0.2, 0) is 4.74 Å². The SMILES string of the molecule is CC(C)(C)NC(=O)OC1CCC(CBr)CC1. The van der Waals surface area contributed by atoms with Crippen LogP contribution in [-0.4, -0.2) is 23.1 Å². The number of carbonyl (C=O) groups excluding carboxylic acids is 1. The number of amides is 1. The summed E-state index contributed by atoms with van der Waals surface area (Å²) in [6, 6.07) is 0. The summed E-state index contributed by atoms with van der Waals surface area (Å²) < 4.78 is 5.39. The second-order valence-corrected chi connectivity index (χ2v) is 6.22. The number of alkyl carbamates (subject to hydrolysis) is 1. The molecule has 1 aliphatic rings. The molecule has 1 rings (SSSR count). The Balaban J connectivity index is 2.26. The zero-order valence-corrected chi connectivity index (χ0v) is 12.0. The van der Waals surface area contributed by atoms with Crippen LogP contribution >= 0.6 is 15.9 Å². The number of hydrogen-bond donors (Lipinski definition) is 1. The Kier molecular flexibility index (Phi) is 5.09. The maximum Gasteiger partial charge on any atom is 0.407 e. The fraction of sp³-hybridized carbons (Fsp3) is 0.917. The Morgan fingerprint density at radius 2 is 1.88 bits per heavy atom. The number of carbonyl (C=O) groups is 1. The maximum atomic E-state index is 11.5. The summed E-state index contributed by atoms with van der Waals surface area (Å²) in [4.78, 5) is 11.5. The summed E-state index contributed by atoms with van der Waals surface area (Å²) in [6.45, 7) is 5.86. The first-order valence-electron chi connectivity index (χ1n) is 5.95. The monoisotopic (exact) mass is 291 g/mol. The van der Waals surface area contributed by atoms with E-state index in [9.17, 15) is 4.79 Å². The molecule has 0 aliphatic heterocycles. The maximum absolute atomic E-state index is 11.5.